The normalized spacial score (nSPS) is 11.0. The first kappa shape index (κ1) is 24.3. The second-order valence-corrected chi connectivity index (χ2v) is 8.85. The van der Waals surface area contributed by atoms with E-state index in [1.54, 1.807) is 11.0 Å². The number of para-hydroxylation sites is 1. The number of hydrogen-bond acceptors (Lipinski definition) is 4. The first-order valence-electron chi connectivity index (χ1n) is 9.83. The molecule has 1 aromatic heterocycles. The molecule has 30 heavy (non-hydrogen) atoms. The maximum absolute atomic E-state index is 14.1. The number of fused-ring (bicyclic) bond motifs is 1. The van der Waals surface area contributed by atoms with Crippen molar-refractivity contribution in [3.63, 3.8) is 0 Å². The minimum absolute atomic E-state index is 0. The lowest BCUT2D eigenvalue weighted by Gasteiger charge is -2.22. The summed E-state index contributed by atoms with van der Waals surface area (Å²) in [6.07, 6.45) is 1.14. The minimum Gasteiger partial charge on any atom is -0.309 e. The fourth-order valence-electron chi connectivity index (χ4n) is 3.63. The van der Waals surface area contributed by atoms with E-state index in [-0.39, 0.29) is 24.1 Å². The molecule has 7 heteroatoms. The fourth-order valence-corrected chi connectivity index (χ4v) is 4.65. The van der Waals surface area contributed by atoms with Gasteiger partial charge in [0.25, 0.3) is 0 Å². The number of halogens is 2. The highest BCUT2D eigenvalue weighted by atomic mass is 35.5. The van der Waals surface area contributed by atoms with Gasteiger partial charge in [0.1, 0.15) is 11.3 Å². The van der Waals surface area contributed by atoms with Crippen LogP contribution in [0.4, 0.5) is 9.52 Å². The summed E-state index contributed by atoms with van der Waals surface area (Å²) in [5, 5.41) is 0.566. The summed E-state index contributed by atoms with van der Waals surface area (Å²) >= 11 is 1.37. The summed E-state index contributed by atoms with van der Waals surface area (Å²) in [6, 6.07) is 9.15. The summed E-state index contributed by atoms with van der Waals surface area (Å²) in [6.45, 7) is 7.58. The summed E-state index contributed by atoms with van der Waals surface area (Å²) in [5.41, 5.74) is 4.84. The van der Waals surface area contributed by atoms with E-state index in [9.17, 15) is 9.18 Å². The predicted molar refractivity (Wildman–Crippen MR) is 127 cm³/mol. The molecule has 0 saturated carbocycles. The van der Waals surface area contributed by atoms with Crippen molar-refractivity contribution in [2.45, 2.75) is 33.6 Å². The van der Waals surface area contributed by atoms with Crippen LogP contribution in [0.15, 0.2) is 30.3 Å². The van der Waals surface area contributed by atoms with E-state index in [1.165, 1.54) is 23.0 Å². The van der Waals surface area contributed by atoms with Gasteiger partial charge in [0.2, 0.25) is 5.91 Å². The number of hydrogen-bond donors (Lipinski definition) is 0. The van der Waals surface area contributed by atoms with Crippen LogP contribution in [0.5, 0.6) is 0 Å². The van der Waals surface area contributed by atoms with Gasteiger partial charge in [-0.25, -0.2) is 9.37 Å². The maximum Gasteiger partial charge on any atom is 0.233 e. The van der Waals surface area contributed by atoms with Crippen LogP contribution in [0.1, 0.15) is 28.7 Å². The number of nitrogens with zero attached hydrogens (tertiary/aromatic N) is 3. The number of carbonyl (C=O) groups is 1. The Morgan fingerprint density at radius 1 is 1.10 bits per heavy atom. The Labute approximate surface area is 188 Å². The SMILES string of the molecule is Cc1cc(C)c(CC(=O)N(CCCN(C)C)c2nc3c(F)cccc3s2)c(C)c1.Cl. The molecule has 1 heterocycles. The van der Waals surface area contributed by atoms with Crippen LogP contribution in [0.25, 0.3) is 10.2 Å². The molecule has 0 spiro atoms. The number of aromatic nitrogens is 1. The molecular weight excluding hydrogens is 421 g/mol. The lowest BCUT2D eigenvalue weighted by atomic mass is 9.97. The number of benzene rings is 2. The second-order valence-electron chi connectivity index (χ2n) is 7.84. The lowest BCUT2D eigenvalue weighted by molar-refractivity contribution is -0.118. The van der Waals surface area contributed by atoms with E-state index in [1.807, 2.05) is 34.0 Å². The summed E-state index contributed by atoms with van der Waals surface area (Å²) in [7, 11) is 4.02. The van der Waals surface area contributed by atoms with Gasteiger partial charge in [-0.2, -0.15) is 0 Å². The Morgan fingerprint density at radius 3 is 2.37 bits per heavy atom. The van der Waals surface area contributed by atoms with Crippen LogP contribution in [0.3, 0.4) is 0 Å². The van der Waals surface area contributed by atoms with Crippen molar-refractivity contribution in [2.24, 2.45) is 0 Å². The van der Waals surface area contributed by atoms with Gasteiger partial charge in [-0.3, -0.25) is 9.69 Å². The molecule has 0 radical (unpaired) electrons. The Balaban J connectivity index is 0.00000320. The molecule has 162 valence electrons. The van der Waals surface area contributed by atoms with Gasteiger partial charge in [0.05, 0.1) is 11.1 Å². The first-order chi connectivity index (χ1) is 13.8. The smallest absolute Gasteiger partial charge is 0.233 e. The van der Waals surface area contributed by atoms with Gasteiger partial charge in [0, 0.05) is 6.54 Å². The zero-order valence-electron chi connectivity index (χ0n) is 18.2. The van der Waals surface area contributed by atoms with Crippen molar-refractivity contribution in [3.05, 3.63) is 58.4 Å². The molecule has 0 aliphatic rings. The summed E-state index contributed by atoms with van der Waals surface area (Å²) in [4.78, 5) is 21.6. The zero-order chi connectivity index (χ0) is 21.1. The van der Waals surface area contributed by atoms with Crippen LogP contribution in [-0.4, -0.2) is 43.0 Å². The van der Waals surface area contributed by atoms with Crippen LogP contribution in [-0.2, 0) is 11.2 Å². The number of anilines is 1. The third-order valence-corrected chi connectivity index (χ3v) is 6.09. The van der Waals surface area contributed by atoms with Gasteiger partial charge < -0.3 is 4.90 Å². The molecule has 0 saturated heterocycles. The average molecular weight is 450 g/mol. The quantitative estimate of drug-likeness (QED) is 0.490. The lowest BCUT2D eigenvalue weighted by Crippen LogP contribution is -2.34. The van der Waals surface area contributed by atoms with Crippen molar-refractivity contribution >= 4 is 45.0 Å². The molecule has 0 atom stereocenters. The molecule has 0 aliphatic heterocycles. The monoisotopic (exact) mass is 449 g/mol. The van der Waals surface area contributed by atoms with E-state index in [2.05, 4.69) is 28.9 Å². The molecule has 2 aromatic carbocycles. The minimum atomic E-state index is -0.351. The van der Waals surface area contributed by atoms with E-state index in [0.717, 1.165) is 34.4 Å². The number of amides is 1. The molecule has 4 nitrogen and oxygen atoms in total. The molecule has 0 unspecified atom stereocenters. The molecule has 3 aromatic rings. The third-order valence-electron chi connectivity index (χ3n) is 5.05. The maximum atomic E-state index is 14.1. The van der Waals surface area contributed by atoms with Crippen molar-refractivity contribution in [2.75, 3.05) is 32.1 Å². The van der Waals surface area contributed by atoms with Crippen LogP contribution >= 0.6 is 23.7 Å². The highest BCUT2D eigenvalue weighted by Gasteiger charge is 2.22. The van der Waals surface area contributed by atoms with Crippen molar-refractivity contribution < 1.29 is 9.18 Å². The topological polar surface area (TPSA) is 36.4 Å². The fraction of sp³-hybridized carbons (Fsp3) is 0.391. The molecule has 0 aliphatic carbocycles. The molecule has 1 amide bonds. The Hall–Kier alpha value is -2.02. The van der Waals surface area contributed by atoms with E-state index in [0.29, 0.717) is 23.6 Å². The van der Waals surface area contributed by atoms with Crippen LogP contribution in [0.2, 0.25) is 0 Å². The Kier molecular flexibility index (Phi) is 8.35. The summed E-state index contributed by atoms with van der Waals surface area (Å²) in [5.74, 6) is -0.353. The van der Waals surface area contributed by atoms with Gasteiger partial charge in [0.15, 0.2) is 5.13 Å². The Morgan fingerprint density at radius 2 is 1.77 bits per heavy atom. The van der Waals surface area contributed by atoms with Crippen molar-refractivity contribution in [1.29, 1.82) is 0 Å². The number of rotatable bonds is 7. The third kappa shape index (κ3) is 5.56. The highest BCUT2D eigenvalue weighted by molar-refractivity contribution is 7.22. The molecule has 3 rings (SSSR count). The molecule has 0 bridgehead atoms. The summed E-state index contributed by atoms with van der Waals surface area (Å²) < 4.78 is 14.9. The van der Waals surface area contributed by atoms with Gasteiger partial charge in [-0.15, -0.1) is 12.4 Å². The first-order valence-corrected chi connectivity index (χ1v) is 10.6. The largest absolute Gasteiger partial charge is 0.309 e. The van der Waals surface area contributed by atoms with Crippen molar-refractivity contribution in [1.82, 2.24) is 9.88 Å². The standard InChI is InChI=1S/C23H28FN3OS.ClH/c1-15-12-16(2)18(17(3)13-15)14-21(28)27(11-7-10-26(4)5)23-25-22-19(24)8-6-9-20(22)29-23;/h6,8-9,12-13H,7,10-11,14H2,1-5H3;1H. The molecule has 0 fully saturated rings. The Bertz CT molecular complexity index is 1010. The predicted octanol–water partition coefficient (Wildman–Crippen LogP) is 5.31. The second kappa shape index (κ2) is 10.3. The van der Waals surface area contributed by atoms with Crippen LogP contribution in [0, 0.1) is 26.6 Å². The molecule has 0 N–H and O–H groups in total. The number of thiazole rings is 1. The average Bonchev–Trinajstić information content (AvgIpc) is 3.06. The highest BCUT2D eigenvalue weighted by Crippen LogP contribution is 2.31. The van der Waals surface area contributed by atoms with E-state index < -0.39 is 0 Å². The van der Waals surface area contributed by atoms with E-state index in [4.69, 9.17) is 0 Å². The molecular formula is C23H29ClFN3OS. The van der Waals surface area contributed by atoms with Gasteiger partial charge in [-0.05, 0) is 76.7 Å². The zero-order valence-corrected chi connectivity index (χ0v) is 19.8. The van der Waals surface area contributed by atoms with Crippen molar-refractivity contribution in [3.8, 4) is 0 Å². The van der Waals surface area contributed by atoms with Gasteiger partial charge >= 0.3 is 0 Å². The van der Waals surface area contributed by atoms with Gasteiger partial charge in [-0.1, -0.05) is 35.1 Å². The van der Waals surface area contributed by atoms with Crippen LogP contribution < -0.4 is 4.90 Å². The number of aryl methyl sites for hydroxylation is 3. The van der Waals surface area contributed by atoms with E-state index >= 15 is 0 Å². The number of carbonyl (C=O) groups excluding carboxylic acids is 1.